The maximum atomic E-state index is 11.9. The van der Waals surface area contributed by atoms with Gasteiger partial charge in [-0.1, -0.05) is 13.8 Å². The number of thiazole rings is 1. The van der Waals surface area contributed by atoms with E-state index >= 15 is 0 Å². The fourth-order valence-corrected chi connectivity index (χ4v) is 2.28. The molecule has 0 aliphatic heterocycles. The highest BCUT2D eigenvalue weighted by atomic mass is 32.1. The Balaban J connectivity index is 2.76. The van der Waals surface area contributed by atoms with Gasteiger partial charge in [-0.3, -0.25) is 14.4 Å². The van der Waals surface area contributed by atoms with Crippen molar-refractivity contribution < 1.29 is 19.5 Å². The largest absolute Gasteiger partial charge is 0.481 e. The van der Waals surface area contributed by atoms with Crippen LogP contribution in [0.4, 0.5) is 5.13 Å². The number of aromatic nitrogens is 1. The van der Waals surface area contributed by atoms with Crippen molar-refractivity contribution in [2.24, 2.45) is 11.3 Å². The van der Waals surface area contributed by atoms with E-state index in [1.807, 2.05) is 0 Å². The molecule has 1 amide bonds. The summed E-state index contributed by atoms with van der Waals surface area (Å²) in [6.45, 7) is 6.46. The van der Waals surface area contributed by atoms with Crippen molar-refractivity contribution in [3.8, 4) is 0 Å². The van der Waals surface area contributed by atoms with Crippen LogP contribution in [0.25, 0.3) is 0 Å². The number of rotatable bonds is 6. The zero-order valence-corrected chi connectivity index (χ0v) is 12.7. The lowest BCUT2D eigenvalue weighted by molar-refractivity contribution is -0.153. The van der Waals surface area contributed by atoms with E-state index in [4.69, 9.17) is 0 Å². The first-order valence-electron chi connectivity index (χ1n) is 6.16. The van der Waals surface area contributed by atoms with Gasteiger partial charge in [-0.05, 0) is 12.8 Å². The molecular weight excluding hydrogens is 280 g/mol. The Morgan fingerprint density at radius 2 is 2.05 bits per heavy atom. The van der Waals surface area contributed by atoms with Gasteiger partial charge in [-0.25, -0.2) is 4.98 Å². The molecule has 2 N–H and O–H groups in total. The van der Waals surface area contributed by atoms with Gasteiger partial charge in [0.1, 0.15) is 5.69 Å². The first-order chi connectivity index (χ1) is 9.16. The van der Waals surface area contributed by atoms with Crippen LogP contribution in [0.15, 0.2) is 5.38 Å². The Morgan fingerprint density at radius 1 is 1.45 bits per heavy atom. The molecule has 0 aliphatic carbocycles. The number of carboxylic acids is 1. The van der Waals surface area contributed by atoms with Gasteiger partial charge in [0.05, 0.1) is 5.41 Å². The number of carbonyl (C=O) groups is 3. The molecule has 0 fully saturated rings. The van der Waals surface area contributed by atoms with E-state index in [1.54, 1.807) is 26.2 Å². The summed E-state index contributed by atoms with van der Waals surface area (Å²) >= 11 is 1.14. The van der Waals surface area contributed by atoms with Crippen LogP contribution < -0.4 is 5.32 Å². The highest BCUT2D eigenvalue weighted by molar-refractivity contribution is 7.14. The minimum Gasteiger partial charge on any atom is -0.481 e. The molecule has 20 heavy (non-hydrogen) atoms. The quantitative estimate of drug-likeness (QED) is 0.786. The predicted octanol–water partition coefficient (Wildman–Crippen LogP) is 2.42. The molecule has 1 heterocycles. The number of ketones is 1. The van der Waals surface area contributed by atoms with Crippen LogP contribution in [-0.4, -0.2) is 27.8 Å². The van der Waals surface area contributed by atoms with Crippen molar-refractivity contribution in [1.29, 1.82) is 0 Å². The number of anilines is 1. The summed E-state index contributed by atoms with van der Waals surface area (Å²) in [6.07, 6.45) is -0.144. The van der Waals surface area contributed by atoms with Crippen LogP contribution in [0.3, 0.4) is 0 Å². The molecule has 1 aromatic heterocycles. The lowest BCUT2D eigenvalue weighted by atomic mass is 9.76. The Bertz CT molecular complexity index is 538. The van der Waals surface area contributed by atoms with Crippen molar-refractivity contribution in [1.82, 2.24) is 4.98 Å². The SMILES string of the molecule is CC(=O)c1csc(NC(=O)CC(C)(C(=O)O)C(C)C)n1. The number of aliphatic carboxylic acids is 1. The van der Waals surface area contributed by atoms with E-state index in [0.29, 0.717) is 5.13 Å². The number of nitrogens with one attached hydrogen (secondary N) is 1. The molecule has 0 saturated carbocycles. The molecule has 110 valence electrons. The molecule has 1 rings (SSSR count). The van der Waals surface area contributed by atoms with Crippen molar-refractivity contribution in [2.75, 3.05) is 5.32 Å². The van der Waals surface area contributed by atoms with Crippen LogP contribution in [0, 0.1) is 11.3 Å². The van der Waals surface area contributed by atoms with Crippen molar-refractivity contribution in [3.05, 3.63) is 11.1 Å². The smallest absolute Gasteiger partial charge is 0.310 e. The topological polar surface area (TPSA) is 96.4 Å². The van der Waals surface area contributed by atoms with Crippen molar-refractivity contribution in [2.45, 2.75) is 34.1 Å². The maximum absolute atomic E-state index is 11.9. The molecule has 0 aromatic carbocycles. The number of amides is 1. The molecule has 0 radical (unpaired) electrons. The van der Waals surface area contributed by atoms with Crippen LogP contribution in [0.2, 0.25) is 0 Å². The molecule has 7 heteroatoms. The summed E-state index contributed by atoms with van der Waals surface area (Å²) < 4.78 is 0. The lowest BCUT2D eigenvalue weighted by Gasteiger charge is -2.28. The zero-order chi connectivity index (χ0) is 15.5. The van der Waals surface area contributed by atoms with E-state index in [0.717, 1.165) is 11.3 Å². The molecule has 1 unspecified atom stereocenters. The average molecular weight is 298 g/mol. The van der Waals surface area contributed by atoms with Gasteiger partial charge in [0.25, 0.3) is 0 Å². The summed E-state index contributed by atoms with van der Waals surface area (Å²) in [5, 5.41) is 13.6. The molecular formula is C13H18N2O4S. The molecule has 6 nitrogen and oxygen atoms in total. The van der Waals surface area contributed by atoms with E-state index < -0.39 is 17.3 Å². The Morgan fingerprint density at radius 3 is 2.45 bits per heavy atom. The monoisotopic (exact) mass is 298 g/mol. The Labute approximate surface area is 121 Å². The molecule has 1 atom stereocenters. The van der Waals surface area contributed by atoms with Crippen LogP contribution in [0.5, 0.6) is 0 Å². The Hall–Kier alpha value is -1.76. The third-order valence-electron chi connectivity index (χ3n) is 3.40. The first-order valence-corrected chi connectivity index (χ1v) is 7.04. The van der Waals surface area contributed by atoms with Gasteiger partial charge >= 0.3 is 5.97 Å². The van der Waals surface area contributed by atoms with Gasteiger partial charge in [0.2, 0.25) is 5.91 Å². The second-order valence-corrected chi connectivity index (χ2v) is 6.05. The Kier molecular flexibility index (Phi) is 4.99. The highest BCUT2D eigenvalue weighted by Gasteiger charge is 2.38. The maximum Gasteiger partial charge on any atom is 0.310 e. The fourth-order valence-electron chi connectivity index (χ4n) is 1.52. The second-order valence-electron chi connectivity index (χ2n) is 5.20. The van der Waals surface area contributed by atoms with Gasteiger partial charge in [0.15, 0.2) is 10.9 Å². The summed E-state index contributed by atoms with van der Waals surface area (Å²) in [6, 6.07) is 0. The summed E-state index contributed by atoms with van der Waals surface area (Å²) in [4.78, 5) is 38.3. The second kappa shape index (κ2) is 6.13. The van der Waals surface area contributed by atoms with E-state index in [2.05, 4.69) is 10.3 Å². The highest BCUT2D eigenvalue weighted by Crippen LogP contribution is 2.32. The van der Waals surface area contributed by atoms with E-state index in [1.165, 1.54) is 6.92 Å². The normalized spacial score (nSPS) is 13.8. The molecule has 0 aliphatic rings. The number of nitrogens with zero attached hydrogens (tertiary/aromatic N) is 1. The first kappa shape index (κ1) is 16.3. The van der Waals surface area contributed by atoms with Crippen LogP contribution >= 0.6 is 11.3 Å². The van der Waals surface area contributed by atoms with Gasteiger partial charge in [0, 0.05) is 18.7 Å². The molecule has 0 saturated heterocycles. The summed E-state index contributed by atoms with van der Waals surface area (Å²) in [5.41, 5.74) is -0.847. The van der Waals surface area contributed by atoms with E-state index in [-0.39, 0.29) is 23.8 Å². The molecule has 0 bridgehead atoms. The zero-order valence-electron chi connectivity index (χ0n) is 11.9. The minimum absolute atomic E-state index is 0.144. The van der Waals surface area contributed by atoms with Gasteiger partial charge < -0.3 is 10.4 Å². The number of hydrogen-bond acceptors (Lipinski definition) is 5. The number of Topliss-reactive ketones (excluding diaryl/α,β-unsaturated/α-hetero) is 1. The number of hydrogen-bond donors (Lipinski definition) is 2. The third kappa shape index (κ3) is 3.63. The van der Waals surface area contributed by atoms with Crippen LogP contribution in [0.1, 0.15) is 44.6 Å². The summed E-state index contributed by atoms with van der Waals surface area (Å²) in [5.74, 6) is -1.80. The number of carbonyl (C=O) groups excluding carboxylic acids is 2. The molecule has 0 spiro atoms. The minimum atomic E-state index is -1.13. The van der Waals surface area contributed by atoms with Crippen molar-refractivity contribution >= 4 is 34.1 Å². The fraction of sp³-hybridized carbons (Fsp3) is 0.538. The lowest BCUT2D eigenvalue weighted by Crippen LogP contribution is -2.37. The van der Waals surface area contributed by atoms with Crippen molar-refractivity contribution in [3.63, 3.8) is 0 Å². The van der Waals surface area contributed by atoms with E-state index in [9.17, 15) is 19.5 Å². The van der Waals surface area contributed by atoms with Crippen LogP contribution in [-0.2, 0) is 9.59 Å². The predicted molar refractivity (Wildman–Crippen MR) is 75.9 cm³/mol. The molecule has 1 aromatic rings. The standard InChI is InChI=1S/C13H18N2O4S/c1-7(2)13(4,11(18)19)5-10(17)15-12-14-9(6-20-12)8(3)16/h6-7H,5H2,1-4H3,(H,18,19)(H,14,15,17). The van der Waals surface area contributed by atoms with Gasteiger partial charge in [-0.15, -0.1) is 11.3 Å². The summed E-state index contributed by atoms with van der Waals surface area (Å²) in [7, 11) is 0. The average Bonchev–Trinajstić information content (AvgIpc) is 2.76. The number of carboxylic acid groups (broad SMARTS) is 1. The third-order valence-corrected chi connectivity index (χ3v) is 4.16. The van der Waals surface area contributed by atoms with Gasteiger partial charge in [-0.2, -0.15) is 0 Å².